The van der Waals surface area contributed by atoms with Crippen molar-refractivity contribution < 1.29 is 22.7 Å². The Morgan fingerprint density at radius 1 is 0.951 bits per heavy atom. The number of sulfonamides is 1. The van der Waals surface area contributed by atoms with Gasteiger partial charge < -0.3 is 15.0 Å². The minimum Gasteiger partial charge on any atom is -0.489 e. The molecule has 2 amide bonds. The molecule has 41 heavy (non-hydrogen) atoms. The highest BCUT2D eigenvalue weighted by Crippen LogP contribution is 2.24. The lowest BCUT2D eigenvalue weighted by Gasteiger charge is -2.32. The molecule has 0 aliphatic heterocycles. The Balaban J connectivity index is 1.51. The maximum atomic E-state index is 13.7. The molecular formula is C31H36ClN3O5S. The number of hydrogen-bond acceptors (Lipinski definition) is 5. The van der Waals surface area contributed by atoms with Crippen LogP contribution in [0, 0.1) is 0 Å². The van der Waals surface area contributed by atoms with Gasteiger partial charge in [-0.15, -0.1) is 0 Å². The number of nitrogens with zero attached hydrogens (tertiary/aromatic N) is 2. The molecule has 1 aliphatic rings. The summed E-state index contributed by atoms with van der Waals surface area (Å²) < 4.78 is 32.6. The average molecular weight is 598 g/mol. The van der Waals surface area contributed by atoms with E-state index in [1.165, 1.54) is 4.90 Å². The molecule has 0 unspecified atom stereocenters. The number of anilines is 1. The number of amides is 2. The van der Waals surface area contributed by atoms with Crippen LogP contribution in [0.1, 0.15) is 43.7 Å². The first kappa shape index (κ1) is 30.4. The van der Waals surface area contributed by atoms with Crippen LogP contribution in [0.3, 0.4) is 0 Å². The molecule has 8 nitrogen and oxygen atoms in total. The van der Waals surface area contributed by atoms with Gasteiger partial charge >= 0.3 is 0 Å². The number of hydrogen-bond donors (Lipinski definition) is 1. The monoisotopic (exact) mass is 597 g/mol. The van der Waals surface area contributed by atoms with Gasteiger partial charge in [0, 0.05) is 17.6 Å². The number of halogens is 1. The van der Waals surface area contributed by atoms with Crippen LogP contribution in [-0.2, 0) is 32.8 Å². The summed E-state index contributed by atoms with van der Waals surface area (Å²) in [5.74, 6) is -0.187. The predicted octanol–water partition coefficient (Wildman–Crippen LogP) is 5.16. The van der Waals surface area contributed by atoms with Crippen molar-refractivity contribution in [2.45, 2.75) is 57.8 Å². The summed E-state index contributed by atoms with van der Waals surface area (Å²) in [5, 5.41) is 3.61. The molecular weight excluding hydrogens is 562 g/mol. The molecule has 1 fully saturated rings. The Bertz CT molecular complexity index is 1410. The van der Waals surface area contributed by atoms with Crippen molar-refractivity contribution in [2.24, 2.45) is 0 Å². The van der Waals surface area contributed by atoms with Gasteiger partial charge in [0.1, 0.15) is 24.9 Å². The van der Waals surface area contributed by atoms with Crippen LogP contribution in [-0.4, -0.2) is 50.0 Å². The van der Waals surface area contributed by atoms with Gasteiger partial charge in [-0.05, 0) is 67.3 Å². The standard InChI is InChI=1S/C31H36ClN3O5S/c1-23(31(37)33-27-10-6-7-11-27)34(20-24-12-14-26(32)15-13-24)30(36)21-35(41(2,38)39)28-16-18-29(19-17-28)40-22-25-8-4-3-5-9-25/h3-5,8-9,12-19,23,27H,6-7,10-11,20-22H2,1-2H3,(H,33,37)/t23-/m1/s1. The number of ether oxygens (including phenoxy) is 1. The molecule has 1 atom stereocenters. The van der Waals surface area contributed by atoms with E-state index in [9.17, 15) is 18.0 Å². The Labute approximate surface area is 247 Å². The summed E-state index contributed by atoms with van der Waals surface area (Å²) in [6.07, 6.45) is 5.01. The third kappa shape index (κ3) is 8.71. The zero-order chi connectivity index (χ0) is 29.4. The van der Waals surface area contributed by atoms with Gasteiger partial charge in [-0.2, -0.15) is 0 Å². The van der Waals surface area contributed by atoms with Crippen molar-refractivity contribution in [1.29, 1.82) is 0 Å². The number of nitrogens with one attached hydrogen (secondary N) is 1. The zero-order valence-corrected chi connectivity index (χ0v) is 24.9. The fourth-order valence-corrected chi connectivity index (χ4v) is 5.80. The van der Waals surface area contributed by atoms with Gasteiger partial charge in [0.25, 0.3) is 0 Å². The summed E-state index contributed by atoms with van der Waals surface area (Å²) in [7, 11) is -3.83. The van der Waals surface area contributed by atoms with Gasteiger partial charge in [0.05, 0.1) is 11.9 Å². The molecule has 3 aromatic rings. The number of benzene rings is 3. The third-order valence-corrected chi connectivity index (χ3v) is 8.58. The normalized spacial score (nSPS) is 14.3. The molecule has 0 radical (unpaired) electrons. The minimum atomic E-state index is -3.83. The lowest BCUT2D eigenvalue weighted by atomic mass is 10.1. The van der Waals surface area contributed by atoms with Gasteiger partial charge in [0.15, 0.2) is 0 Å². The quantitative estimate of drug-likeness (QED) is 0.311. The van der Waals surface area contributed by atoms with E-state index in [2.05, 4.69) is 5.32 Å². The third-order valence-electron chi connectivity index (χ3n) is 7.19. The van der Waals surface area contributed by atoms with Crippen molar-refractivity contribution in [3.8, 4) is 5.75 Å². The van der Waals surface area contributed by atoms with Crippen LogP contribution in [0.25, 0.3) is 0 Å². The topological polar surface area (TPSA) is 96.0 Å². The van der Waals surface area contributed by atoms with E-state index in [-0.39, 0.29) is 18.5 Å². The van der Waals surface area contributed by atoms with E-state index in [1.807, 2.05) is 30.3 Å². The van der Waals surface area contributed by atoms with Crippen molar-refractivity contribution >= 4 is 39.1 Å². The van der Waals surface area contributed by atoms with Gasteiger partial charge in [-0.1, -0.05) is 66.9 Å². The van der Waals surface area contributed by atoms with E-state index in [0.717, 1.165) is 47.4 Å². The lowest BCUT2D eigenvalue weighted by Crippen LogP contribution is -2.52. The molecule has 0 spiro atoms. The molecule has 4 rings (SSSR count). The van der Waals surface area contributed by atoms with Crippen LogP contribution in [0.2, 0.25) is 5.02 Å². The van der Waals surface area contributed by atoms with Crippen LogP contribution >= 0.6 is 11.6 Å². The Morgan fingerprint density at radius 2 is 1.59 bits per heavy atom. The summed E-state index contributed by atoms with van der Waals surface area (Å²) >= 11 is 6.04. The molecule has 0 bridgehead atoms. The summed E-state index contributed by atoms with van der Waals surface area (Å²) in [4.78, 5) is 28.3. The second-order valence-corrected chi connectivity index (χ2v) is 12.7. The second kappa shape index (κ2) is 13.9. The minimum absolute atomic E-state index is 0.0903. The highest BCUT2D eigenvalue weighted by Gasteiger charge is 2.31. The van der Waals surface area contributed by atoms with Crippen molar-refractivity contribution in [3.05, 3.63) is 95.0 Å². The predicted molar refractivity (Wildman–Crippen MR) is 161 cm³/mol. The van der Waals surface area contributed by atoms with E-state index in [1.54, 1.807) is 55.5 Å². The largest absolute Gasteiger partial charge is 0.489 e. The molecule has 0 heterocycles. The van der Waals surface area contributed by atoms with Crippen LogP contribution in [0.15, 0.2) is 78.9 Å². The molecule has 3 aromatic carbocycles. The molecule has 0 saturated heterocycles. The Morgan fingerprint density at radius 3 is 2.20 bits per heavy atom. The SMILES string of the molecule is C[C@H](C(=O)NC1CCCC1)N(Cc1ccc(Cl)cc1)C(=O)CN(c1ccc(OCc2ccccc2)cc1)S(C)(=O)=O. The number of carbonyl (C=O) groups excluding carboxylic acids is 2. The number of rotatable bonds is 12. The molecule has 218 valence electrons. The van der Waals surface area contributed by atoms with E-state index in [0.29, 0.717) is 23.1 Å². The second-order valence-electron chi connectivity index (χ2n) is 10.4. The maximum Gasteiger partial charge on any atom is 0.244 e. The molecule has 1 N–H and O–H groups in total. The van der Waals surface area contributed by atoms with Crippen molar-refractivity contribution in [3.63, 3.8) is 0 Å². The fraction of sp³-hybridized carbons (Fsp3) is 0.355. The van der Waals surface area contributed by atoms with Gasteiger partial charge in [-0.25, -0.2) is 8.42 Å². The van der Waals surface area contributed by atoms with Crippen LogP contribution < -0.4 is 14.4 Å². The van der Waals surface area contributed by atoms with Crippen molar-refractivity contribution in [1.82, 2.24) is 10.2 Å². The molecule has 1 aliphatic carbocycles. The first-order chi connectivity index (χ1) is 19.6. The van der Waals surface area contributed by atoms with Crippen molar-refractivity contribution in [2.75, 3.05) is 17.1 Å². The maximum absolute atomic E-state index is 13.7. The Hall–Kier alpha value is -3.56. The highest BCUT2D eigenvalue weighted by molar-refractivity contribution is 7.92. The van der Waals surface area contributed by atoms with Crippen LogP contribution in [0.4, 0.5) is 5.69 Å². The number of carbonyl (C=O) groups is 2. The molecule has 10 heteroatoms. The average Bonchev–Trinajstić information content (AvgIpc) is 3.47. The first-order valence-electron chi connectivity index (χ1n) is 13.7. The smallest absolute Gasteiger partial charge is 0.244 e. The fourth-order valence-electron chi connectivity index (χ4n) is 4.82. The summed E-state index contributed by atoms with van der Waals surface area (Å²) in [6, 6.07) is 22.5. The molecule has 1 saturated carbocycles. The van der Waals surface area contributed by atoms with E-state index >= 15 is 0 Å². The first-order valence-corrected chi connectivity index (χ1v) is 15.9. The van der Waals surface area contributed by atoms with E-state index < -0.39 is 28.5 Å². The molecule has 0 aromatic heterocycles. The zero-order valence-electron chi connectivity index (χ0n) is 23.3. The Kier molecular flexibility index (Phi) is 10.3. The van der Waals surface area contributed by atoms with Gasteiger partial charge in [0.2, 0.25) is 21.8 Å². The lowest BCUT2D eigenvalue weighted by molar-refractivity contribution is -0.139. The van der Waals surface area contributed by atoms with Gasteiger partial charge in [-0.3, -0.25) is 13.9 Å². The van der Waals surface area contributed by atoms with Crippen LogP contribution in [0.5, 0.6) is 5.75 Å². The van der Waals surface area contributed by atoms with E-state index in [4.69, 9.17) is 16.3 Å². The summed E-state index contributed by atoms with van der Waals surface area (Å²) in [5.41, 5.74) is 2.10. The highest BCUT2D eigenvalue weighted by atomic mass is 35.5. The summed E-state index contributed by atoms with van der Waals surface area (Å²) in [6.45, 7) is 1.70.